The zero-order chi connectivity index (χ0) is 6.91. The summed E-state index contributed by atoms with van der Waals surface area (Å²) < 4.78 is 21.4. The van der Waals surface area contributed by atoms with Gasteiger partial charge in [-0.1, -0.05) is 0 Å². The molecule has 7 heteroatoms. The van der Waals surface area contributed by atoms with E-state index in [0.29, 0.717) is 6.42 Å². The van der Waals surface area contributed by atoms with Crippen molar-refractivity contribution in [3.63, 3.8) is 0 Å². The number of sulfone groups is 1. The molecule has 0 saturated carbocycles. The van der Waals surface area contributed by atoms with E-state index in [2.05, 4.69) is 5.43 Å². The fraction of sp³-hybridized carbons (Fsp3) is 1.00. The van der Waals surface area contributed by atoms with Gasteiger partial charge in [0.1, 0.15) is 0 Å². The molecule has 70 valence electrons. The van der Waals surface area contributed by atoms with Crippen LogP contribution in [0.1, 0.15) is 6.42 Å². The van der Waals surface area contributed by atoms with Gasteiger partial charge >= 0.3 is 0 Å². The van der Waals surface area contributed by atoms with Crippen LogP contribution in [0.5, 0.6) is 0 Å². The van der Waals surface area contributed by atoms with Gasteiger partial charge in [-0.05, 0) is 6.42 Å². The summed E-state index contributed by atoms with van der Waals surface area (Å²) in [6, 6.07) is -0.0185. The second-order valence-electron chi connectivity index (χ2n) is 2.27. The zero-order valence-electron chi connectivity index (χ0n) is 5.82. The molecule has 0 aromatic heterocycles. The maximum Gasteiger partial charge on any atom is 0.151 e. The lowest BCUT2D eigenvalue weighted by Crippen LogP contribution is -2.35. The van der Waals surface area contributed by atoms with Crippen LogP contribution in [-0.2, 0) is 9.84 Å². The first-order valence-electron chi connectivity index (χ1n) is 2.80. The average molecular weight is 223 g/mol. The highest BCUT2D eigenvalue weighted by Crippen LogP contribution is 2.09. The van der Waals surface area contributed by atoms with E-state index in [1.807, 2.05) is 0 Å². The van der Waals surface area contributed by atoms with Gasteiger partial charge in [0.2, 0.25) is 0 Å². The Morgan fingerprint density at radius 1 is 1.36 bits per heavy atom. The molecule has 0 radical (unpaired) electrons. The van der Waals surface area contributed by atoms with E-state index in [4.69, 9.17) is 5.84 Å². The van der Waals surface area contributed by atoms with Gasteiger partial charge in [0.15, 0.2) is 9.84 Å². The predicted molar refractivity (Wildman–Crippen MR) is 48.9 cm³/mol. The monoisotopic (exact) mass is 222 g/mol. The molecule has 1 saturated heterocycles. The molecule has 1 aliphatic heterocycles. The number of nitrogens with one attached hydrogen (secondary N) is 1. The quantitative estimate of drug-likeness (QED) is 0.463. The molecule has 0 amide bonds. The molecule has 0 aromatic rings. The second-order valence-corrected chi connectivity index (χ2v) is 4.50. The van der Waals surface area contributed by atoms with Crippen molar-refractivity contribution >= 4 is 34.7 Å². The Balaban J connectivity index is 0. The number of hydrazine groups is 1. The van der Waals surface area contributed by atoms with Gasteiger partial charge < -0.3 is 0 Å². The summed E-state index contributed by atoms with van der Waals surface area (Å²) in [6.45, 7) is 0. The molecule has 11 heavy (non-hydrogen) atoms. The Kier molecular flexibility index (Phi) is 6.57. The van der Waals surface area contributed by atoms with E-state index < -0.39 is 9.84 Å². The molecule has 1 unspecified atom stereocenters. The molecule has 0 aliphatic carbocycles. The fourth-order valence-electron chi connectivity index (χ4n) is 0.926. The largest absolute Gasteiger partial charge is 0.271 e. The van der Waals surface area contributed by atoms with Crippen molar-refractivity contribution in [1.82, 2.24) is 5.43 Å². The number of halogens is 2. The van der Waals surface area contributed by atoms with Crippen molar-refractivity contribution in [3.8, 4) is 0 Å². The highest BCUT2D eigenvalue weighted by molar-refractivity contribution is 7.91. The van der Waals surface area contributed by atoms with Crippen LogP contribution in [0.2, 0.25) is 0 Å². The summed E-state index contributed by atoms with van der Waals surface area (Å²) in [5, 5.41) is 0. The van der Waals surface area contributed by atoms with Gasteiger partial charge in [0, 0.05) is 6.04 Å². The van der Waals surface area contributed by atoms with E-state index in [1.54, 1.807) is 0 Å². The summed E-state index contributed by atoms with van der Waals surface area (Å²) in [5.41, 5.74) is 2.44. The van der Waals surface area contributed by atoms with Crippen LogP contribution >= 0.6 is 24.8 Å². The summed E-state index contributed by atoms with van der Waals surface area (Å²) in [4.78, 5) is 0. The highest BCUT2D eigenvalue weighted by Gasteiger charge is 2.26. The summed E-state index contributed by atoms with van der Waals surface area (Å²) >= 11 is 0. The Morgan fingerprint density at radius 2 is 1.91 bits per heavy atom. The summed E-state index contributed by atoms with van der Waals surface area (Å²) in [7, 11) is -2.75. The molecule has 0 aromatic carbocycles. The van der Waals surface area contributed by atoms with Gasteiger partial charge in [-0.2, -0.15) is 0 Å². The lowest BCUT2D eigenvalue weighted by Gasteiger charge is -2.01. The van der Waals surface area contributed by atoms with Gasteiger partial charge in [0.25, 0.3) is 0 Å². The van der Waals surface area contributed by atoms with Crippen LogP contribution < -0.4 is 11.3 Å². The molecule has 1 heterocycles. The van der Waals surface area contributed by atoms with Gasteiger partial charge in [0.05, 0.1) is 11.5 Å². The molecular weight excluding hydrogens is 211 g/mol. The number of nitrogens with two attached hydrogens (primary N) is 1. The average Bonchev–Trinajstić information content (AvgIpc) is 2.10. The van der Waals surface area contributed by atoms with Crippen molar-refractivity contribution in [2.75, 3.05) is 11.5 Å². The first-order chi connectivity index (χ1) is 4.14. The van der Waals surface area contributed by atoms with Crippen molar-refractivity contribution in [2.45, 2.75) is 12.5 Å². The molecule has 3 N–H and O–H groups in total. The van der Waals surface area contributed by atoms with Crippen LogP contribution in [0.4, 0.5) is 0 Å². The van der Waals surface area contributed by atoms with Crippen LogP contribution in [0.15, 0.2) is 0 Å². The minimum Gasteiger partial charge on any atom is -0.271 e. The predicted octanol–water partition coefficient (Wildman–Crippen LogP) is -0.520. The third kappa shape index (κ3) is 4.12. The molecular formula is C4H12Cl2N2O2S. The standard InChI is InChI=1S/C4H10N2O2S.2ClH/c5-6-4-1-2-9(7,8)3-4;;/h4,6H,1-3,5H2;2*1H. The maximum absolute atomic E-state index is 10.7. The van der Waals surface area contributed by atoms with Crippen molar-refractivity contribution in [3.05, 3.63) is 0 Å². The van der Waals surface area contributed by atoms with E-state index in [-0.39, 0.29) is 42.4 Å². The Morgan fingerprint density at radius 3 is 2.09 bits per heavy atom. The molecule has 1 fully saturated rings. The Hall–Kier alpha value is 0.450. The minimum atomic E-state index is -2.75. The number of rotatable bonds is 1. The second kappa shape index (κ2) is 5.16. The molecule has 1 rings (SSSR count). The van der Waals surface area contributed by atoms with E-state index in [0.717, 1.165) is 0 Å². The fourth-order valence-corrected chi connectivity index (χ4v) is 2.61. The van der Waals surface area contributed by atoms with Crippen molar-refractivity contribution in [2.24, 2.45) is 5.84 Å². The number of hydrogen-bond donors (Lipinski definition) is 2. The van der Waals surface area contributed by atoms with Gasteiger partial charge in [-0.3, -0.25) is 11.3 Å². The summed E-state index contributed by atoms with van der Waals surface area (Å²) in [6.07, 6.45) is 0.652. The first kappa shape index (κ1) is 14.0. The zero-order valence-corrected chi connectivity index (χ0v) is 8.27. The smallest absolute Gasteiger partial charge is 0.151 e. The van der Waals surface area contributed by atoms with Gasteiger partial charge in [-0.15, -0.1) is 24.8 Å². The molecule has 1 atom stereocenters. The lowest BCUT2D eigenvalue weighted by molar-refractivity contribution is 0.575. The topological polar surface area (TPSA) is 72.2 Å². The SMILES string of the molecule is Cl.Cl.NNC1CCS(=O)(=O)C1. The maximum atomic E-state index is 10.7. The van der Waals surface area contributed by atoms with Crippen LogP contribution in [-0.4, -0.2) is 26.0 Å². The highest BCUT2D eigenvalue weighted by atomic mass is 35.5. The van der Waals surface area contributed by atoms with Gasteiger partial charge in [-0.25, -0.2) is 8.42 Å². The summed E-state index contributed by atoms with van der Waals surface area (Å²) in [5.74, 6) is 5.52. The molecule has 4 nitrogen and oxygen atoms in total. The Labute approximate surface area is 78.6 Å². The van der Waals surface area contributed by atoms with Crippen molar-refractivity contribution < 1.29 is 8.42 Å². The Bertz CT molecular complexity index is 194. The molecule has 1 aliphatic rings. The van der Waals surface area contributed by atoms with E-state index in [1.165, 1.54) is 0 Å². The third-order valence-corrected chi connectivity index (χ3v) is 3.24. The van der Waals surface area contributed by atoms with E-state index >= 15 is 0 Å². The van der Waals surface area contributed by atoms with Crippen LogP contribution in [0.25, 0.3) is 0 Å². The molecule has 0 bridgehead atoms. The minimum absolute atomic E-state index is 0. The van der Waals surface area contributed by atoms with Crippen molar-refractivity contribution in [1.29, 1.82) is 0 Å². The molecule has 0 spiro atoms. The number of hydrogen-bond acceptors (Lipinski definition) is 4. The lowest BCUT2D eigenvalue weighted by atomic mass is 10.3. The third-order valence-electron chi connectivity index (χ3n) is 1.47. The normalized spacial score (nSPS) is 26.8. The van der Waals surface area contributed by atoms with Crippen LogP contribution in [0.3, 0.4) is 0 Å². The van der Waals surface area contributed by atoms with Crippen LogP contribution in [0, 0.1) is 0 Å². The first-order valence-corrected chi connectivity index (χ1v) is 4.63. The van der Waals surface area contributed by atoms with E-state index in [9.17, 15) is 8.42 Å².